The summed E-state index contributed by atoms with van der Waals surface area (Å²) in [6, 6.07) is 4.48. The molecule has 0 aliphatic carbocycles. The molecule has 0 N–H and O–H groups in total. The smallest absolute Gasteiger partial charge is 0.297 e. The van der Waals surface area contributed by atoms with E-state index in [-0.39, 0.29) is 23.1 Å². The minimum absolute atomic E-state index is 0.0526. The van der Waals surface area contributed by atoms with Crippen LogP contribution in [0.15, 0.2) is 23.0 Å². The summed E-state index contributed by atoms with van der Waals surface area (Å²) in [5.41, 5.74) is 0.135. The molecule has 0 radical (unpaired) electrons. The zero-order valence-corrected chi connectivity index (χ0v) is 17.2. The number of nitro groups is 1. The molecule has 7 heteroatoms. The lowest BCUT2D eigenvalue weighted by molar-refractivity contribution is -0.384. The van der Waals surface area contributed by atoms with Gasteiger partial charge in [0.2, 0.25) is 5.75 Å². The van der Waals surface area contributed by atoms with E-state index in [1.54, 1.807) is 10.6 Å². The molecule has 2 rings (SSSR count). The third-order valence-electron chi connectivity index (χ3n) is 4.67. The van der Waals surface area contributed by atoms with Crippen LogP contribution in [0.25, 0.3) is 10.9 Å². The summed E-state index contributed by atoms with van der Waals surface area (Å²) in [6.07, 6.45) is 6.34. The number of hydrogen-bond donors (Lipinski definition) is 0. The second-order valence-electron chi connectivity index (χ2n) is 7.21. The quantitative estimate of drug-likeness (QED) is 0.304. The van der Waals surface area contributed by atoms with Crippen LogP contribution in [-0.4, -0.2) is 22.7 Å². The molecule has 2 aromatic rings. The van der Waals surface area contributed by atoms with E-state index < -0.39 is 4.92 Å². The van der Waals surface area contributed by atoms with E-state index in [2.05, 4.69) is 6.92 Å². The van der Waals surface area contributed by atoms with Gasteiger partial charge in [-0.2, -0.15) is 0 Å². The van der Waals surface area contributed by atoms with Crippen LogP contribution < -0.4 is 15.0 Å². The Bertz CT molecular complexity index is 873. The second kappa shape index (κ2) is 10.1. The molecule has 0 bridgehead atoms. The first-order valence-electron chi connectivity index (χ1n) is 9.96. The Balaban J connectivity index is 2.50. The zero-order chi connectivity index (χ0) is 20.7. The molecule has 0 unspecified atom stereocenters. The van der Waals surface area contributed by atoms with E-state index in [0.717, 1.165) is 19.3 Å². The number of methoxy groups -OCH3 is 1. The van der Waals surface area contributed by atoms with Crippen molar-refractivity contribution in [2.24, 2.45) is 0 Å². The van der Waals surface area contributed by atoms with Crippen LogP contribution in [0.1, 0.15) is 59.3 Å². The largest absolute Gasteiger partial charge is 0.492 e. The van der Waals surface area contributed by atoms with Crippen molar-refractivity contribution < 1.29 is 14.4 Å². The number of unbranched alkanes of at least 4 members (excludes halogenated alkanes) is 5. The van der Waals surface area contributed by atoms with Crippen LogP contribution >= 0.6 is 0 Å². The van der Waals surface area contributed by atoms with Crippen LogP contribution in [0.2, 0.25) is 0 Å². The molecule has 1 heterocycles. The van der Waals surface area contributed by atoms with Gasteiger partial charge in [-0.15, -0.1) is 0 Å². The number of pyridine rings is 1. The summed E-state index contributed by atoms with van der Waals surface area (Å²) in [5, 5.41) is 11.9. The van der Waals surface area contributed by atoms with Gasteiger partial charge in [0, 0.05) is 24.1 Å². The lowest BCUT2D eigenvalue weighted by atomic mass is 10.1. The number of benzene rings is 1. The summed E-state index contributed by atoms with van der Waals surface area (Å²) in [5.74, 6) is 0.479. The summed E-state index contributed by atoms with van der Waals surface area (Å²) in [6.45, 7) is 6.35. The monoisotopic (exact) mass is 390 g/mol. The Kier molecular flexibility index (Phi) is 7.84. The van der Waals surface area contributed by atoms with Gasteiger partial charge < -0.3 is 14.0 Å². The fourth-order valence-electron chi connectivity index (χ4n) is 3.31. The lowest BCUT2D eigenvalue weighted by Gasteiger charge is -2.18. The SMILES string of the molecule is CCCCCCCCn1c(=O)c(OC(C)C)c(OC)c2ccc([N+](=O)[O-])cc21. The van der Waals surface area contributed by atoms with E-state index in [0.29, 0.717) is 23.2 Å². The van der Waals surface area contributed by atoms with Gasteiger partial charge >= 0.3 is 0 Å². The molecular formula is C21H30N2O5. The van der Waals surface area contributed by atoms with Crippen molar-refractivity contribution in [1.82, 2.24) is 4.57 Å². The Morgan fingerprint density at radius 3 is 2.39 bits per heavy atom. The Labute approximate surface area is 165 Å². The van der Waals surface area contributed by atoms with Crippen LogP contribution in [-0.2, 0) is 6.54 Å². The normalized spacial score (nSPS) is 11.2. The first-order valence-corrected chi connectivity index (χ1v) is 9.96. The van der Waals surface area contributed by atoms with Gasteiger partial charge in [-0.05, 0) is 26.3 Å². The number of nitrogens with zero attached hydrogens (tertiary/aromatic N) is 2. The highest BCUT2D eigenvalue weighted by Gasteiger charge is 2.21. The van der Waals surface area contributed by atoms with Crippen molar-refractivity contribution in [1.29, 1.82) is 0 Å². The predicted molar refractivity (Wildman–Crippen MR) is 111 cm³/mol. The third kappa shape index (κ3) is 5.03. The van der Waals surface area contributed by atoms with Crippen molar-refractivity contribution in [3.8, 4) is 11.5 Å². The van der Waals surface area contributed by atoms with Crippen LogP contribution in [0.5, 0.6) is 11.5 Å². The van der Waals surface area contributed by atoms with Gasteiger partial charge in [0.25, 0.3) is 11.2 Å². The maximum absolute atomic E-state index is 13.1. The number of aromatic nitrogens is 1. The van der Waals surface area contributed by atoms with E-state index in [4.69, 9.17) is 9.47 Å². The molecule has 0 atom stereocenters. The highest BCUT2D eigenvalue weighted by molar-refractivity contribution is 5.89. The minimum atomic E-state index is -0.454. The van der Waals surface area contributed by atoms with Gasteiger partial charge in [0.05, 0.1) is 23.7 Å². The van der Waals surface area contributed by atoms with E-state index in [1.807, 2.05) is 13.8 Å². The number of fused-ring (bicyclic) bond motifs is 1. The van der Waals surface area contributed by atoms with E-state index in [9.17, 15) is 14.9 Å². The summed E-state index contributed by atoms with van der Waals surface area (Å²) in [4.78, 5) is 23.9. The predicted octanol–water partition coefficient (Wildman–Crippen LogP) is 5.07. The van der Waals surface area contributed by atoms with Crippen LogP contribution in [0.4, 0.5) is 5.69 Å². The molecule has 154 valence electrons. The minimum Gasteiger partial charge on any atom is -0.492 e. The zero-order valence-electron chi connectivity index (χ0n) is 17.2. The van der Waals surface area contributed by atoms with Gasteiger partial charge in [-0.3, -0.25) is 14.9 Å². The summed E-state index contributed by atoms with van der Waals surface area (Å²) in [7, 11) is 1.47. The molecular weight excluding hydrogens is 360 g/mol. The van der Waals surface area contributed by atoms with Crippen molar-refractivity contribution in [2.75, 3.05) is 7.11 Å². The molecule has 1 aromatic carbocycles. The number of ether oxygens (including phenoxy) is 2. The number of nitro benzene ring substituents is 1. The standard InChI is InChI=1S/C21H30N2O5/c1-5-6-7-8-9-10-13-22-18-14-16(23(25)26)11-12-17(18)19(27-4)20(21(22)24)28-15(2)3/h11-12,14-15H,5-10,13H2,1-4H3. The molecule has 1 aromatic heterocycles. The van der Waals surface area contributed by atoms with Crippen molar-refractivity contribution >= 4 is 16.6 Å². The summed E-state index contributed by atoms with van der Waals surface area (Å²) >= 11 is 0. The molecule has 0 aliphatic heterocycles. The average Bonchev–Trinajstić information content (AvgIpc) is 2.66. The van der Waals surface area contributed by atoms with Gasteiger partial charge in [-0.25, -0.2) is 0 Å². The summed E-state index contributed by atoms with van der Waals surface area (Å²) < 4.78 is 12.8. The van der Waals surface area contributed by atoms with Crippen LogP contribution in [0.3, 0.4) is 0 Å². The average molecular weight is 390 g/mol. The maximum atomic E-state index is 13.1. The van der Waals surface area contributed by atoms with Crippen molar-refractivity contribution in [3.05, 3.63) is 38.7 Å². The Morgan fingerprint density at radius 2 is 1.79 bits per heavy atom. The molecule has 7 nitrogen and oxygen atoms in total. The number of rotatable bonds is 11. The van der Waals surface area contributed by atoms with Gasteiger partial charge in [0.15, 0.2) is 5.75 Å². The molecule has 0 amide bonds. The van der Waals surface area contributed by atoms with Gasteiger partial charge in [0.1, 0.15) is 0 Å². The molecule has 0 spiro atoms. The first kappa shape index (κ1) is 21.7. The van der Waals surface area contributed by atoms with Gasteiger partial charge in [-0.1, -0.05) is 39.0 Å². The van der Waals surface area contributed by atoms with Crippen molar-refractivity contribution in [2.45, 2.75) is 71.9 Å². The lowest BCUT2D eigenvalue weighted by Crippen LogP contribution is -2.25. The van der Waals surface area contributed by atoms with E-state index in [1.165, 1.54) is 38.5 Å². The topological polar surface area (TPSA) is 83.6 Å². The first-order chi connectivity index (χ1) is 13.4. The van der Waals surface area contributed by atoms with Crippen molar-refractivity contribution in [3.63, 3.8) is 0 Å². The highest BCUT2D eigenvalue weighted by atomic mass is 16.6. The molecule has 0 fully saturated rings. The second-order valence-corrected chi connectivity index (χ2v) is 7.21. The number of non-ortho nitro benzene ring substituents is 1. The Morgan fingerprint density at radius 1 is 1.11 bits per heavy atom. The fourth-order valence-corrected chi connectivity index (χ4v) is 3.31. The molecule has 0 saturated heterocycles. The fraction of sp³-hybridized carbons (Fsp3) is 0.571. The number of aryl methyl sites for hydroxylation is 1. The molecule has 0 aliphatic rings. The highest BCUT2D eigenvalue weighted by Crippen LogP contribution is 2.35. The van der Waals surface area contributed by atoms with Crippen LogP contribution in [0, 0.1) is 10.1 Å². The van der Waals surface area contributed by atoms with E-state index >= 15 is 0 Å². The third-order valence-corrected chi connectivity index (χ3v) is 4.67. The number of hydrogen-bond acceptors (Lipinski definition) is 5. The molecule has 0 saturated carbocycles. The maximum Gasteiger partial charge on any atom is 0.297 e. The molecule has 28 heavy (non-hydrogen) atoms. The Hall–Kier alpha value is -2.57.